The Morgan fingerprint density at radius 3 is 2.65 bits per heavy atom. The van der Waals surface area contributed by atoms with Gasteiger partial charge in [0.1, 0.15) is 17.5 Å². The van der Waals surface area contributed by atoms with Crippen LogP contribution in [0.25, 0.3) is 10.9 Å². The zero-order chi connectivity index (χ0) is 24.7. The molecule has 1 unspecified atom stereocenters. The molecule has 8 N–H and O–H groups in total. The van der Waals surface area contributed by atoms with Gasteiger partial charge in [0.25, 0.3) is 5.91 Å². The molecule has 0 aliphatic carbocycles. The van der Waals surface area contributed by atoms with Crippen LogP contribution in [-0.2, 0) is 27.2 Å². The third-order valence-corrected chi connectivity index (χ3v) is 5.96. The lowest BCUT2D eigenvalue weighted by Crippen LogP contribution is -2.49. The number of aromatic amines is 1. The maximum Gasteiger partial charge on any atom is 0.258 e. The molecule has 2 aromatic carbocycles. The van der Waals surface area contributed by atoms with Crippen molar-refractivity contribution in [1.82, 2.24) is 15.6 Å². The van der Waals surface area contributed by atoms with Gasteiger partial charge in [-0.15, -0.1) is 0 Å². The van der Waals surface area contributed by atoms with Gasteiger partial charge in [-0.2, -0.15) is 0 Å². The molecule has 0 saturated carbocycles. The number of primary amides is 1. The van der Waals surface area contributed by atoms with E-state index >= 15 is 0 Å². The standard InChI is InChI=1S/C23H26IN5O5/c24-17-7-13(1-4-20(17)30)8-19(23(26)33)29-21(31)11-28-22(32)12-34-15-2-3-18-16(9-15)14(5-6-25)10-27-18/h1-4,7,9-10,19,27,30H,5-6,8,11-12,25H2,(H2,26,33)(H,28,32)(H,29,31). The number of phenols is 1. The van der Waals surface area contributed by atoms with Crippen molar-refractivity contribution < 1.29 is 24.2 Å². The zero-order valence-electron chi connectivity index (χ0n) is 18.3. The van der Waals surface area contributed by atoms with E-state index in [0.29, 0.717) is 15.9 Å². The number of aromatic nitrogens is 1. The number of benzene rings is 2. The second-order valence-corrected chi connectivity index (χ2v) is 8.80. The maximum atomic E-state index is 12.2. The Hall–Kier alpha value is -3.32. The summed E-state index contributed by atoms with van der Waals surface area (Å²) in [5, 5.41) is 15.6. The quantitative estimate of drug-likeness (QED) is 0.183. The first kappa shape index (κ1) is 25.3. The third kappa shape index (κ3) is 6.84. The second kappa shape index (κ2) is 11.7. The number of aromatic hydroxyl groups is 1. The summed E-state index contributed by atoms with van der Waals surface area (Å²) in [6, 6.07) is 9.31. The molecule has 0 fully saturated rings. The Labute approximate surface area is 209 Å². The summed E-state index contributed by atoms with van der Waals surface area (Å²) in [5.74, 6) is -1.12. The number of hydrogen-bond acceptors (Lipinski definition) is 6. The lowest BCUT2D eigenvalue weighted by atomic mass is 10.1. The van der Waals surface area contributed by atoms with E-state index in [1.807, 2.05) is 40.9 Å². The van der Waals surface area contributed by atoms with Gasteiger partial charge in [0.15, 0.2) is 6.61 Å². The number of ether oxygens (including phenoxy) is 1. The smallest absolute Gasteiger partial charge is 0.258 e. The predicted octanol–water partition coefficient (Wildman–Crippen LogP) is 0.687. The maximum absolute atomic E-state index is 12.2. The van der Waals surface area contributed by atoms with E-state index in [1.54, 1.807) is 18.2 Å². The summed E-state index contributed by atoms with van der Waals surface area (Å²) in [5.41, 5.74) is 13.8. The lowest BCUT2D eigenvalue weighted by molar-refractivity contribution is -0.129. The molecule has 3 aromatic rings. The molecular formula is C23H26IN5O5. The largest absolute Gasteiger partial charge is 0.507 e. The average molecular weight is 579 g/mol. The highest BCUT2D eigenvalue weighted by molar-refractivity contribution is 14.1. The van der Waals surface area contributed by atoms with Gasteiger partial charge >= 0.3 is 0 Å². The van der Waals surface area contributed by atoms with Crippen molar-refractivity contribution in [3.8, 4) is 11.5 Å². The number of halogens is 1. The van der Waals surface area contributed by atoms with E-state index in [4.69, 9.17) is 16.2 Å². The molecule has 0 saturated heterocycles. The number of H-pyrrole nitrogens is 1. The average Bonchev–Trinajstić information content (AvgIpc) is 3.20. The van der Waals surface area contributed by atoms with E-state index in [2.05, 4.69) is 15.6 Å². The number of amides is 3. The van der Waals surface area contributed by atoms with Crippen LogP contribution < -0.4 is 26.8 Å². The SMILES string of the molecule is NCCc1c[nH]c2ccc(OCC(=O)NCC(=O)NC(Cc3ccc(O)c(I)c3)C(N)=O)cc12. The van der Waals surface area contributed by atoms with Gasteiger partial charge in [-0.25, -0.2) is 0 Å². The molecule has 1 aromatic heterocycles. The summed E-state index contributed by atoms with van der Waals surface area (Å²) < 4.78 is 6.16. The molecule has 0 radical (unpaired) electrons. The molecule has 1 heterocycles. The van der Waals surface area contributed by atoms with E-state index < -0.39 is 23.8 Å². The van der Waals surface area contributed by atoms with Gasteiger partial charge in [0, 0.05) is 23.5 Å². The van der Waals surface area contributed by atoms with Crippen LogP contribution in [0.1, 0.15) is 11.1 Å². The van der Waals surface area contributed by atoms with Gasteiger partial charge in [0.2, 0.25) is 11.8 Å². The number of fused-ring (bicyclic) bond motifs is 1. The predicted molar refractivity (Wildman–Crippen MR) is 135 cm³/mol. The number of carbonyl (C=O) groups is 3. The highest BCUT2D eigenvalue weighted by Gasteiger charge is 2.19. The minimum atomic E-state index is -0.961. The van der Waals surface area contributed by atoms with Gasteiger partial charge < -0.3 is 36.9 Å². The minimum absolute atomic E-state index is 0.123. The molecule has 0 spiro atoms. The molecule has 10 nitrogen and oxygen atoms in total. The normalized spacial score (nSPS) is 11.7. The van der Waals surface area contributed by atoms with Crippen LogP contribution >= 0.6 is 22.6 Å². The van der Waals surface area contributed by atoms with Gasteiger partial charge in [0.05, 0.1) is 10.1 Å². The molecule has 11 heteroatoms. The number of nitrogens with two attached hydrogens (primary N) is 2. The Balaban J connectivity index is 1.48. The molecule has 34 heavy (non-hydrogen) atoms. The van der Waals surface area contributed by atoms with Crippen LogP contribution in [0.3, 0.4) is 0 Å². The lowest BCUT2D eigenvalue weighted by Gasteiger charge is -2.16. The fourth-order valence-corrected chi connectivity index (χ4v) is 3.95. The third-order valence-electron chi connectivity index (χ3n) is 5.10. The summed E-state index contributed by atoms with van der Waals surface area (Å²) in [6.45, 7) is -0.0927. The van der Waals surface area contributed by atoms with Crippen LogP contribution in [0.5, 0.6) is 11.5 Å². The Morgan fingerprint density at radius 2 is 1.94 bits per heavy atom. The molecule has 1 atom stereocenters. The fourth-order valence-electron chi connectivity index (χ4n) is 3.37. The van der Waals surface area contributed by atoms with Crippen molar-refractivity contribution >= 4 is 51.2 Å². The molecular weight excluding hydrogens is 553 g/mol. The van der Waals surface area contributed by atoms with Crippen LogP contribution in [0.2, 0.25) is 0 Å². The number of hydrogen-bond donors (Lipinski definition) is 6. The highest BCUT2D eigenvalue weighted by Crippen LogP contribution is 2.24. The number of rotatable bonds is 11. The number of nitrogens with one attached hydrogen (secondary N) is 3. The Morgan fingerprint density at radius 1 is 1.15 bits per heavy atom. The fraction of sp³-hybridized carbons (Fsp3) is 0.261. The van der Waals surface area contributed by atoms with E-state index in [0.717, 1.165) is 28.5 Å². The van der Waals surface area contributed by atoms with Gasteiger partial charge in [-0.05, 0) is 77.0 Å². The van der Waals surface area contributed by atoms with Crippen molar-refractivity contribution in [3.63, 3.8) is 0 Å². The molecule has 180 valence electrons. The minimum Gasteiger partial charge on any atom is -0.507 e. The first-order valence-electron chi connectivity index (χ1n) is 10.5. The zero-order valence-corrected chi connectivity index (χ0v) is 20.4. The summed E-state index contributed by atoms with van der Waals surface area (Å²) >= 11 is 1.96. The topological polar surface area (TPSA) is 173 Å². The summed E-state index contributed by atoms with van der Waals surface area (Å²) in [4.78, 5) is 39.3. The molecule has 3 amide bonds. The van der Waals surface area contributed by atoms with Gasteiger partial charge in [-0.3, -0.25) is 14.4 Å². The van der Waals surface area contributed by atoms with Crippen molar-refractivity contribution in [3.05, 3.63) is 57.3 Å². The van der Waals surface area contributed by atoms with E-state index in [9.17, 15) is 19.5 Å². The van der Waals surface area contributed by atoms with Crippen LogP contribution in [0.4, 0.5) is 0 Å². The van der Waals surface area contributed by atoms with Crippen LogP contribution in [-0.4, -0.2) is 53.6 Å². The Bertz CT molecular complexity index is 1200. The monoisotopic (exact) mass is 579 g/mol. The summed E-state index contributed by atoms with van der Waals surface area (Å²) in [6.07, 6.45) is 2.77. The molecule has 0 aliphatic heterocycles. The van der Waals surface area contributed by atoms with Crippen molar-refractivity contribution in [2.24, 2.45) is 11.5 Å². The first-order chi connectivity index (χ1) is 16.3. The molecule has 3 rings (SSSR count). The van der Waals surface area contributed by atoms with E-state index in [1.165, 1.54) is 6.07 Å². The molecule has 0 aliphatic rings. The van der Waals surface area contributed by atoms with Crippen molar-refractivity contribution in [1.29, 1.82) is 0 Å². The first-order valence-corrected chi connectivity index (χ1v) is 11.6. The van der Waals surface area contributed by atoms with Crippen LogP contribution in [0, 0.1) is 3.57 Å². The number of phenolic OH excluding ortho intramolecular Hbond substituents is 1. The van der Waals surface area contributed by atoms with Crippen LogP contribution in [0.15, 0.2) is 42.6 Å². The second-order valence-electron chi connectivity index (χ2n) is 7.64. The van der Waals surface area contributed by atoms with Crippen molar-refractivity contribution in [2.45, 2.75) is 18.9 Å². The molecule has 0 bridgehead atoms. The summed E-state index contributed by atoms with van der Waals surface area (Å²) in [7, 11) is 0. The highest BCUT2D eigenvalue weighted by atomic mass is 127. The van der Waals surface area contributed by atoms with E-state index in [-0.39, 0.29) is 25.3 Å². The number of carbonyl (C=O) groups excluding carboxylic acids is 3. The van der Waals surface area contributed by atoms with Crippen molar-refractivity contribution in [2.75, 3.05) is 19.7 Å². The van der Waals surface area contributed by atoms with Gasteiger partial charge in [-0.1, -0.05) is 6.07 Å². The Kier molecular flexibility index (Phi) is 8.71.